The van der Waals surface area contributed by atoms with Crippen molar-refractivity contribution in [3.05, 3.63) is 69.4 Å². The van der Waals surface area contributed by atoms with E-state index >= 15 is 0 Å². The summed E-state index contributed by atoms with van der Waals surface area (Å²) in [5, 5.41) is 0. The Bertz CT molecular complexity index is 798. The van der Waals surface area contributed by atoms with Gasteiger partial charge >= 0.3 is 0 Å². The zero-order valence-corrected chi connectivity index (χ0v) is 14.4. The predicted octanol–water partition coefficient (Wildman–Crippen LogP) is 3.31. The number of hydrogen-bond donors (Lipinski definition) is 1. The lowest BCUT2D eigenvalue weighted by atomic mass is 9.91. The van der Waals surface area contributed by atoms with Gasteiger partial charge in [-0.05, 0) is 68.4 Å². The topological polar surface area (TPSA) is 53.2 Å². The van der Waals surface area contributed by atoms with Crippen LogP contribution in [0.25, 0.3) is 0 Å². The van der Waals surface area contributed by atoms with Crippen LogP contribution in [0.4, 0.5) is 4.39 Å². The van der Waals surface area contributed by atoms with Gasteiger partial charge in [0.15, 0.2) is 0 Å². The third-order valence-corrected chi connectivity index (χ3v) is 4.85. The zero-order chi connectivity index (χ0) is 17.8. The number of aromatic amines is 1. The van der Waals surface area contributed by atoms with Crippen LogP contribution < -0.4 is 5.56 Å². The summed E-state index contributed by atoms with van der Waals surface area (Å²) in [5.41, 5.74) is 1.75. The van der Waals surface area contributed by atoms with Crippen molar-refractivity contribution < 1.29 is 9.18 Å². The number of likely N-dealkylation sites (tertiary alicyclic amines) is 1. The van der Waals surface area contributed by atoms with E-state index in [1.165, 1.54) is 12.1 Å². The number of amides is 1. The normalized spacial score (nSPS) is 17.5. The molecule has 1 fully saturated rings. The number of nitrogens with one attached hydrogen (secondary N) is 1. The van der Waals surface area contributed by atoms with Crippen LogP contribution >= 0.6 is 0 Å². The van der Waals surface area contributed by atoms with Crippen LogP contribution in [-0.4, -0.2) is 28.9 Å². The molecule has 25 heavy (non-hydrogen) atoms. The first kappa shape index (κ1) is 17.4. The predicted molar refractivity (Wildman–Crippen MR) is 95.1 cm³/mol. The molecule has 1 aliphatic heterocycles. The van der Waals surface area contributed by atoms with E-state index in [4.69, 9.17) is 0 Å². The van der Waals surface area contributed by atoms with Gasteiger partial charge in [-0.25, -0.2) is 4.39 Å². The number of aryl methyl sites for hydroxylation is 2. The minimum absolute atomic E-state index is 0.187. The zero-order valence-electron chi connectivity index (χ0n) is 14.4. The average molecular weight is 342 g/mol. The summed E-state index contributed by atoms with van der Waals surface area (Å²) in [4.78, 5) is 29.1. The molecule has 5 heteroatoms. The van der Waals surface area contributed by atoms with Crippen molar-refractivity contribution in [3.63, 3.8) is 0 Å². The van der Waals surface area contributed by atoms with Gasteiger partial charge < -0.3 is 9.88 Å². The molecule has 0 bridgehead atoms. The highest BCUT2D eigenvalue weighted by molar-refractivity contribution is 5.93. The molecule has 132 valence electrons. The van der Waals surface area contributed by atoms with Crippen molar-refractivity contribution in [2.24, 2.45) is 5.92 Å². The van der Waals surface area contributed by atoms with Gasteiger partial charge in [-0.1, -0.05) is 12.1 Å². The molecule has 2 aromatic rings. The monoisotopic (exact) mass is 342 g/mol. The van der Waals surface area contributed by atoms with Crippen LogP contribution in [0.15, 0.2) is 41.2 Å². The van der Waals surface area contributed by atoms with Crippen LogP contribution in [0.3, 0.4) is 0 Å². The molecule has 0 unspecified atom stereocenters. The standard InChI is InChI=1S/C20H23FN2O2/c1-14-4-11-18(19(24)22-14)20(25)23-12-2-3-16(13-23)6-5-15-7-9-17(21)10-8-15/h4,7-11,16H,2-3,5-6,12-13H2,1H3,(H,22,24)/t16-/m0/s1. The number of rotatable bonds is 4. The molecule has 3 rings (SSSR count). The van der Waals surface area contributed by atoms with Crippen molar-refractivity contribution >= 4 is 5.91 Å². The molecule has 0 spiro atoms. The highest BCUT2D eigenvalue weighted by Crippen LogP contribution is 2.22. The van der Waals surface area contributed by atoms with E-state index in [9.17, 15) is 14.0 Å². The smallest absolute Gasteiger partial charge is 0.260 e. The average Bonchev–Trinajstić information content (AvgIpc) is 2.61. The van der Waals surface area contributed by atoms with Crippen LogP contribution in [0, 0.1) is 18.7 Å². The number of piperidine rings is 1. The van der Waals surface area contributed by atoms with Crippen LogP contribution in [-0.2, 0) is 6.42 Å². The van der Waals surface area contributed by atoms with E-state index in [2.05, 4.69) is 4.98 Å². The maximum Gasteiger partial charge on any atom is 0.260 e. The SMILES string of the molecule is Cc1ccc(C(=O)N2CCC[C@@H](CCc3ccc(F)cc3)C2)c(=O)[nH]1. The lowest BCUT2D eigenvalue weighted by molar-refractivity contribution is 0.0666. The maximum atomic E-state index is 13.0. The van der Waals surface area contributed by atoms with Crippen LogP contribution in [0.2, 0.25) is 0 Å². The Labute approximate surface area is 146 Å². The summed E-state index contributed by atoms with van der Waals surface area (Å²) in [5.74, 6) is 0.00141. The lowest BCUT2D eigenvalue weighted by Gasteiger charge is -2.32. The minimum atomic E-state index is -0.321. The summed E-state index contributed by atoms with van der Waals surface area (Å²) in [6.07, 6.45) is 3.86. The number of carbonyl (C=O) groups is 1. The van der Waals surface area contributed by atoms with Crippen molar-refractivity contribution in [3.8, 4) is 0 Å². The molecule has 1 amide bonds. The van der Waals surface area contributed by atoms with Gasteiger partial charge in [0.05, 0.1) is 0 Å². The molecule has 1 aliphatic rings. The molecule has 2 heterocycles. The van der Waals surface area contributed by atoms with Gasteiger partial charge in [0, 0.05) is 18.8 Å². The second-order valence-corrected chi connectivity index (χ2v) is 6.81. The largest absolute Gasteiger partial charge is 0.338 e. The lowest BCUT2D eigenvalue weighted by Crippen LogP contribution is -2.42. The quantitative estimate of drug-likeness (QED) is 0.927. The number of H-pyrrole nitrogens is 1. The van der Waals surface area contributed by atoms with Gasteiger partial charge in [0.25, 0.3) is 11.5 Å². The van der Waals surface area contributed by atoms with Crippen molar-refractivity contribution in [1.29, 1.82) is 0 Å². The third-order valence-electron chi connectivity index (χ3n) is 4.85. The molecular formula is C20H23FN2O2. The van der Waals surface area contributed by atoms with Crippen LogP contribution in [0.1, 0.15) is 40.9 Å². The fourth-order valence-corrected chi connectivity index (χ4v) is 3.42. The molecule has 1 aromatic carbocycles. The third kappa shape index (κ3) is 4.35. The first-order valence-electron chi connectivity index (χ1n) is 8.76. The summed E-state index contributed by atoms with van der Waals surface area (Å²) in [7, 11) is 0. The summed E-state index contributed by atoms with van der Waals surface area (Å²) in [6, 6.07) is 9.95. The first-order valence-corrected chi connectivity index (χ1v) is 8.76. The molecule has 1 N–H and O–H groups in total. The van der Waals surface area contributed by atoms with Gasteiger partial charge in [-0.3, -0.25) is 9.59 Å². The number of halogens is 1. The van der Waals surface area contributed by atoms with Gasteiger partial charge in [0.1, 0.15) is 11.4 Å². The second-order valence-electron chi connectivity index (χ2n) is 6.81. The van der Waals surface area contributed by atoms with E-state index in [0.29, 0.717) is 19.0 Å². The fraction of sp³-hybridized carbons (Fsp3) is 0.400. The fourth-order valence-electron chi connectivity index (χ4n) is 3.42. The number of nitrogens with zero attached hydrogens (tertiary/aromatic N) is 1. The minimum Gasteiger partial charge on any atom is -0.338 e. The Kier molecular flexibility index (Phi) is 5.31. The Hall–Kier alpha value is -2.43. The summed E-state index contributed by atoms with van der Waals surface area (Å²) >= 11 is 0. The molecule has 0 saturated carbocycles. The highest BCUT2D eigenvalue weighted by atomic mass is 19.1. The molecule has 1 saturated heterocycles. The van der Waals surface area contributed by atoms with Gasteiger partial charge in [0.2, 0.25) is 0 Å². The number of hydrogen-bond acceptors (Lipinski definition) is 2. The Morgan fingerprint density at radius 3 is 2.72 bits per heavy atom. The Morgan fingerprint density at radius 2 is 2.00 bits per heavy atom. The highest BCUT2D eigenvalue weighted by Gasteiger charge is 2.25. The number of aromatic nitrogens is 1. The first-order chi connectivity index (χ1) is 12.0. The van der Waals surface area contributed by atoms with E-state index < -0.39 is 0 Å². The maximum absolute atomic E-state index is 13.0. The van der Waals surface area contributed by atoms with Gasteiger partial charge in [-0.15, -0.1) is 0 Å². The second kappa shape index (κ2) is 7.64. The Balaban J connectivity index is 1.61. The number of carbonyl (C=O) groups excluding carboxylic acids is 1. The van der Waals surface area contributed by atoms with E-state index in [1.807, 2.05) is 12.1 Å². The summed E-state index contributed by atoms with van der Waals surface area (Å²) < 4.78 is 13.0. The van der Waals surface area contributed by atoms with E-state index in [0.717, 1.165) is 36.9 Å². The van der Waals surface area contributed by atoms with Crippen molar-refractivity contribution in [2.45, 2.75) is 32.6 Å². The molecule has 4 nitrogen and oxygen atoms in total. The number of pyridine rings is 1. The molecule has 1 atom stereocenters. The molecule has 0 radical (unpaired) electrons. The molecular weight excluding hydrogens is 319 g/mol. The van der Waals surface area contributed by atoms with Gasteiger partial charge in [-0.2, -0.15) is 0 Å². The van der Waals surface area contributed by atoms with E-state index in [-0.39, 0.29) is 22.8 Å². The van der Waals surface area contributed by atoms with E-state index in [1.54, 1.807) is 24.0 Å². The van der Waals surface area contributed by atoms with Crippen molar-refractivity contribution in [1.82, 2.24) is 9.88 Å². The Morgan fingerprint density at radius 1 is 1.24 bits per heavy atom. The van der Waals surface area contributed by atoms with Crippen molar-refractivity contribution in [2.75, 3.05) is 13.1 Å². The summed E-state index contributed by atoms with van der Waals surface area (Å²) in [6.45, 7) is 3.16. The number of benzene rings is 1. The molecule has 1 aromatic heterocycles. The molecule has 0 aliphatic carbocycles. The van der Waals surface area contributed by atoms with Crippen LogP contribution in [0.5, 0.6) is 0 Å².